The van der Waals surface area contributed by atoms with E-state index in [4.69, 9.17) is 14.2 Å². The Balaban J connectivity index is 1.57. The summed E-state index contributed by atoms with van der Waals surface area (Å²) >= 11 is 0. The van der Waals surface area contributed by atoms with Gasteiger partial charge < -0.3 is 24.4 Å². The summed E-state index contributed by atoms with van der Waals surface area (Å²) in [4.78, 5) is 27.1. The number of carbonyl (C=O) groups excluding carboxylic acids is 2. The molecule has 0 spiro atoms. The van der Waals surface area contributed by atoms with E-state index in [0.717, 1.165) is 18.7 Å². The van der Waals surface area contributed by atoms with Gasteiger partial charge in [-0.15, -0.1) is 0 Å². The Morgan fingerprint density at radius 3 is 2.52 bits per heavy atom. The van der Waals surface area contributed by atoms with E-state index in [1.165, 1.54) is 19.3 Å². The van der Waals surface area contributed by atoms with Crippen LogP contribution in [0.2, 0.25) is 0 Å². The number of methoxy groups -OCH3 is 2. The lowest BCUT2D eigenvalue weighted by molar-refractivity contribution is -0.154. The normalized spacial score (nSPS) is 30.0. The molecule has 0 aromatic heterocycles. The van der Waals surface area contributed by atoms with E-state index in [9.17, 15) is 9.59 Å². The molecule has 1 N–H and O–H groups in total. The zero-order chi connectivity index (χ0) is 19.0. The number of ether oxygens (including phenoxy) is 3. The monoisotopic (exact) mass is 374 g/mol. The van der Waals surface area contributed by atoms with Crippen LogP contribution in [-0.4, -0.2) is 56.7 Å². The number of nitrogens with one attached hydrogen (secondary N) is 1. The fourth-order valence-electron chi connectivity index (χ4n) is 4.67. The zero-order valence-corrected chi connectivity index (χ0v) is 15.8. The van der Waals surface area contributed by atoms with Gasteiger partial charge in [-0.2, -0.15) is 0 Å². The van der Waals surface area contributed by atoms with E-state index in [1.54, 1.807) is 26.4 Å². The number of benzene rings is 1. The molecule has 27 heavy (non-hydrogen) atoms. The summed E-state index contributed by atoms with van der Waals surface area (Å²) in [7, 11) is 3.13. The van der Waals surface area contributed by atoms with Gasteiger partial charge in [0.1, 0.15) is 6.61 Å². The van der Waals surface area contributed by atoms with Crippen molar-refractivity contribution >= 4 is 11.8 Å². The molecular weight excluding hydrogens is 348 g/mol. The van der Waals surface area contributed by atoms with E-state index in [2.05, 4.69) is 5.32 Å². The third-order valence-electron chi connectivity index (χ3n) is 6.06. The molecular formula is C20H26N2O5. The Hall–Kier alpha value is -2.28. The van der Waals surface area contributed by atoms with Crippen molar-refractivity contribution in [2.75, 3.05) is 33.9 Å². The van der Waals surface area contributed by atoms with Crippen LogP contribution in [0.1, 0.15) is 30.9 Å². The van der Waals surface area contributed by atoms with E-state index < -0.39 is 12.1 Å². The van der Waals surface area contributed by atoms with Crippen LogP contribution >= 0.6 is 0 Å². The molecule has 7 nitrogen and oxygen atoms in total. The van der Waals surface area contributed by atoms with Crippen molar-refractivity contribution in [3.63, 3.8) is 0 Å². The topological polar surface area (TPSA) is 77.1 Å². The molecule has 0 bridgehead atoms. The minimum atomic E-state index is -0.723. The van der Waals surface area contributed by atoms with Gasteiger partial charge in [-0.05, 0) is 42.4 Å². The Kier molecular flexibility index (Phi) is 4.95. The van der Waals surface area contributed by atoms with Crippen LogP contribution in [0, 0.1) is 11.8 Å². The standard InChI is InChI=1S/C20H26N2O5/c1-25-15-7-6-12(8-16(15)26-2)18-19(27-11-17(23)21-18)20(24)22-9-13-4-3-5-14(13)10-22/h6-8,13-14,18-19H,3-5,9-11H2,1-2H3,(H,21,23)/t13-,14+,18-,19+/m1/s1. The number of hydrogen-bond acceptors (Lipinski definition) is 5. The number of carbonyl (C=O) groups is 2. The summed E-state index contributed by atoms with van der Waals surface area (Å²) < 4.78 is 16.4. The Labute approximate surface area is 158 Å². The number of fused-ring (bicyclic) bond motifs is 1. The number of hydrogen-bond donors (Lipinski definition) is 1. The molecule has 0 unspecified atom stereocenters. The number of likely N-dealkylation sites (tertiary alicyclic amines) is 1. The third-order valence-corrected chi connectivity index (χ3v) is 6.06. The molecule has 1 aromatic carbocycles. The molecule has 2 heterocycles. The lowest BCUT2D eigenvalue weighted by Gasteiger charge is -2.34. The van der Waals surface area contributed by atoms with Gasteiger partial charge in [0.25, 0.3) is 5.91 Å². The van der Waals surface area contributed by atoms with Crippen molar-refractivity contribution in [3.8, 4) is 11.5 Å². The van der Waals surface area contributed by atoms with Gasteiger partial charge in [-0.3, -0.25) is 9.59 Å². The minimum Gasteiger partial charge on any atom is -0.493 e. The summed E-state index contributed by atoms with van der Waals surface area (Å²) in [6.45, 7) is 1.51. The van der Waals surface area contributed by atoms with E-state index in [-0.39, 0.29) is 18.4 Å². The molecule has 2 amide bonds. The fraction of sp³-hybridized carbons (Fsp3) is 0.600. The summed E-state index contributed by atoms with van der Waals surface area (Å²) in [6, 6.07) is 4.85. The van der Waals surface area contributed by atoms with Gasteiger partial charge in [-0.1, -0.05) is 12.5 Å². The van der Waals surface area contributed by atoms with Crippen LogP contribution in [0.15, 0.2) is 18.2 Å². The Morgan fingerprint density at radius 1 is 1.15 bits per heavy atom. The maximum absolute atomic E-state index is 13.2. The van der Waals surface area contributed by atoms with Crippen LogP contribution in [0.25, 0.3) is 0 Å². The fourth-order valence-corrected chi connectivity index (χ4v) is 4.67. The van der Waals surface area contributed by atoms with E-state index >= 15 is 0 Å². The minimum absolute atomic E-state index is 0.0378. The SMILES string of the molecule is COc1ccc([C@H]2NC(=O)CO[C@@H]2C(=O)N2C[C@H]3CCC[C@H]3C2)cc1OC. The average molecular weight is 374 g/mol. The highest BCUT2D eigenvalue weighted by Crippen LogP contribution is 2.39. The van der Waals surface area contributed by atoms with Gasteiger partial charge in [-0.25, -0.2) is 0 Å². The molecule has 4 atom stereocenters. The first kappa shape index (κ1) is 18.1. The van der Waals surface area contributed by atoms with Crippen molar-refractivity contribution in [2.24, 2.45) is 11.8 Å². The quantitative estimate of drug-likeness (QED) is 0.865. The van der Waals surface area contributed by atoms with Crippen molar-refractivity contribution in [3.05, 3.63) is 23.8 Å². The van der Waals surface area contributed by atoms with Gasteiger partial charge in [0.2, 0.25) is 5.91 Å². The lowest BCUT2D eigenvalue weighted by atomic mass is 9.98. The highest BCUT2D eigenvalue weighted by molar-refractivity contribution is 5.86. The van der Waals surface area contributed by atoms with Gasteiger partial charge >= 0.3 is 0 Å². The second kappa shape index (κ2) is 7.38. The molecule has 1 saturated carbocycles. The molecule has 7 heteroatoms. The largest absolute Gasteiger partial charge is 0.493 e. The molecule has 3 aliphatic rings. The van der Waals surface area contributed by atoms with Crippen LogP contribution < -0.4 is 14.8 Å². The Bertz CT molecular complexity index is 725. The number of rotatable bonds is 4. The summed E-state index contributed by atoms with van der Waals surface area (Å²) in [6.07, 6.45) is 2.95. The lowest BCUT2D eigenvalue weighted by Crippen LogP contribution is -2.53. The summed E-state index contributed by atoms with van der Waals surface area (Å²) in [5.74, 6) is 2.12. The maximum atomic E-state index is 13.2. The summed E-state index contributed by atoms with van der Waals surface area (Å²) in [5.41, 5.74) is 0.762. The number of nitrogens with zero attached hydrogens (tertiary/aromatic N) is 1. The van der Waals surface area contributed by atoms with Crippen LogP contribution in [0.5, 0.6) is 11.5 Å². The first-order chi connectivity index (χ1) is 13.1. The van der Waals surface area contributed by atoms with Crippen LogP contribution in [0.3, 0.4) is 0 Å². The molecule has 2 aliphatic heterocycles. The van der Waals surface area contributed by atoms with Gasteiger partial charge in [0.05, 0.1) is 20.3 Å². The van der Waals surface area contributed by atoms with Crippen molar-refractivity contribution in [1.29, 1.82) is 0 Å². The highest BCUT2D eigenvalue weighted by atomic mass is 16.5. The van der Waals surface area contributed by atoms with Crippen LogP contribution in [-0.2, 0) is 14.3 Å². The molecule has 2 saturated heterocycles. The summed E-state index contributed by atoms with van der Waals surface area (Å²) in [5, 5.41) is 2.92. The number of amides is 2. The van der Waals surface area contributed by atoms with Gasteiger partial charge in [0, 0.05) is 13.1 Å². The average Bonchev–Trinajstić information content (AvgIpc) is 3.29. The second-order valence-electron chi connectivity index (χ2n) is 7.59. The molecule has 3 fully saturated rings. The Morgan fingerprint density at radius 2 is 1.85 bits per heavy atom. The highest BCUT2D eigenvalue weighted by Gasteiger charge is 2.44. The van der Waals surface area contributed by atoms with Gasteiger partial charge in [0.15, 0.2) is 17.6 Å². The predicted octanol–water partition coefficient (Wildman–Crippen LogP) is 1.52. The first-order valence-electron chi connectivity index (χ1n) is 9.52. The van der Waals surface area contributed by atoms with Crippen molar-refractivity contribution in [2.45, 2.75) is 31.4 Å². The molecule has 146 valence electrons. The third kappa shape index (κ3) is 3.36. The second-order valence-corrected chi connectivity index (χ2v) is 7.59. The first-order valence-corrected chi connectivity index (χ1v) is 9.52. The van der Waals surface area contributed by atoms with E-state index in [0.29, 0.717) is 23.3 Å². The zero-order valence-electron chi connectivity index (χ0n) is 15.8. The maximum Gasteiger partial charge on any atom is 0.254 e. The smallest absolute Gasteiger partial charge is 0.254 e. The van der Waals surface area contributed by atoms with Crippen molar-refractivity contribution in [1.82, 2.24) is 10.2 Å². The molecule has 0 radical (unpaired) electrons. The van der Waals surface area contributed by atoms with E-state index in [1.807, 2.05) is 11.0 Å². The molecule has 1 aliphatic carbocycles. The van der Waals surface area contributed by atoms with Crippen molar-refractivity contribution < 1.29 is 23.8 Å². The number of morpholine rings is 1. The molecule has 4 rings (SSSR count). The molecule has 1 aromatic rings. The predicted molar refractivity (Wildman–Crippen MR) is 97.6 cm³/mol. The van der Waals surface area contributed by atoms with Crippen LogP contribution in [0.4, 0.5) is 0 Å².